The maximum Gasteiger partial charge on any atom is 0.256 e. The van der Waals surface area contributed by atoms with Crippen LogP contribution in [0.3, 0.4) is 0 Å². The van der Waals surface area contributed by atoms with E-state index in [1.54, 1.807) is 24.3 Å². The predicted octanol–water partition coefficient (Wildman–Crippen LogP) is 3.99. The molecule has 1 N–H and O–H groups in total. The van der Waals surface area contributed by atoms with Crippen LogP contribution in [0.1, 0.15) is 29.4 Å². The third-order valence-corrected chi connectivity index (χ3v) is 2.98. The first-order chi connectivity index (χ1) is 9.58. The summed E-state index contributed by atoms with van der Waals surface area (Å²) >= 11 is 11.7. The summed E-state index contributed by atoms with van der Waals surface area (Å²) in [6.07, 6.45) is 1.71. The quantitative estimate of drug-likeness (QED) is 0.869. The maximum absolute atomic E-state index is 12.2. The van der Waals surface area contributed by atoms with Crippen LogP contribution in [0.25, 0.3) is 0 Å². The van der Waals surface area contributed by atoms with Crippen LogP contribution in [0.5, 0.6) is 0 Å². The summed E-state index contributed by atoms with van der Waals surface area (Å²) in [7, 11) is 0. The molecule has 20 heavy (non-hydrogen) atoms. The van der Waals surface area contributed by atoms with Gasteiger partial charge in [-0.25, -0.2) is 9.97 Å². The van der Waals surface area contributed by atoms with Crippen molar-refractivity contribution in [3.63, 3.8) is 0 Å². The molecule has 2 heterocycles. The topological polar surface area (TPSA) is 54.9 Å². The number of halogens is 2. The van der Waals surface area contributed by atoms with Crippen molar-refractivity contribution in [1.29, 1.82) is 0 Å². The number of nitrogens with one attached hydrogen (secondary N) is 1. The number of hydrogen-bond donors (Lipinski definition) is 1. The van der Waals surface area contributed by atoms with Crippen LogP contribution in [0, 0.1) is 0 Å². The molecule has 0 saturated carbocycles. The van der Waals surface area contributed by atoms with Crippen molar-refractivity contribution in [2.45, 2.75) is 19.8 Å². The zero-order chi connectivity index (χ0) is 14.5. The highest BCUT2D eigenvalue weighted by molar-refractivity contribution is 6.30. The zero-order valence-electron chi connectivity index (χ0n) is 10.9. The molecule has 0 aliphatic rings. The molecular weight excluding hydrogens is 297 g/mol. The predicted molar refractivity (Wildman–Crippen MR) is 80.4 cm³/mol. The SMILES string of the molecule is CCCc1cc(C(=O)Nc2cccc(Cl)n2)cc(Cl)n1. The Morgan fingerprint density at radius 3 is 2.70 bits per heavy atom. The lowest BCUT2D eigenvalue weighted by molar-refractivity contribution is 0.102. The molecule has 0 atom stereocenters. The molecule has 0 bridgehead atoms. The van der Waals surface area contributed by atoms with Crippen molar-refractivity contribution in [3.8, 4) is 0 Å². The van der Waals surface area contributed by atoms with Crippen LogP contribution < -0.4 is 5.32 Å². The fraction of sp³-hybridized carbons (Fsp3) is 0.214. The Morgan fingerprint density at radius 1 is 1.20 bits per heavy atom. The van der Waals surface area contributed by atoms with Crippen molar-refractivity contribution >= 4 is 34.9 Å². The van der Waals surface area contributed by atoms with Crippen molar-refractivity contribution in [2.75, 3.05) is 5.32 Å². The summed E-state index contributed by atoms with van der Waals surface area (Å²) < 4.78 is 0. The minimum Gasteiger partial charge on any atom is -0.307 e. The Morgan fingerprint density at radius 2 is 2.00 bits per heavy atom. The number of anilines is 1. The molecule has 4 nitrogen and oxygen atoms in total. The Hall–Kier alpha value is -1.65. The molecule has 0 aliphatic carbocycles. The van der Waals surface area contributed by atoms with E-state index in [1.807, 2.05) is 6.92 Å². The minimum atomic E-state index is -0.290. The highest BCUT2D eigenvalue weighted by Gasteiger charge is 2.10. The van der Waals surface area contributed by atoms with E-state index in [4.69, 9.17) is 23.2 Å². The van der Waals surface area contributed by atoms with E-state index in [0.717, 1.165) is 18.5 Å². The van der Waals surface area contributed by atoms with Crippen molar-refractivity contribution in [1.82, 2.24) is 9.97 Å². The van der Waals surface area contributed by atoms with E-state index in [1.165, 1.54) is 6.07 Å². The van der Waals surface area contributed by atoms with E-state index in [-0.39, 0.29) is 5.91 Å². The van der Waals surface area contributed by atoms with E-state index in [9.17, 15) is 4.79 Å². The van der Waals surface area contributed by atoms with E-state index >= 15 is 0 Å². The molecule has 2 aromatic heterocycles. The normalized spacial score (nSPS) is 10.3. The Bertz CT molecular complexity index is 632. The largest absolute Gasteiger partial charge is 0.307 e. The van der Waals surface area contributed by atoms with Gasteiger partial charge < -0.3 is 5.32 Å². The molecule has 0 radical (unpaired) electrons. The second kappa shape index (κ2) is 6.68. The minimum absolute atomic E-state index is 0.290. The molecule has 2 aromatic rings. The third-order valence-electron chi connectivity index (χ3n) is 2.57. The smallest absolute Gasteiger partial charge is 0.256 e. The van der Waals surface area contributed by atoms with Gasteiger partial charge in [-0.05, 0) is 30.7 Å². The van der Waals surface area contributed by atoms with Gasteiger partial charge in [0.1, 0.15) is 16.1 Å². The second-order valence-electron chi connectivity index (χ2n) is 4.22. The van der Waals surface area contributed by atoms with Gasteiger partial charge in [-0.15, -0.1) is 0 Å². The molecule has 104 valence electrons. The lowest BCUT2D eigenvalue weighted by Crippen LogP contribution is -2.13. The fourth-order valence-corrected chi connectivity index (χ4v) is 2.12. The lowest BCUT2D eigenvalue weighted by Gasteiger charge is -2.07. The van der Waals surface area contributed by atoms with Crippen LogP contribution >= 0.6 is 23.2 Å². The fourth-order valence-electron chi connectivity index (χ4n) is 1.73. The highest BCUT2D eigenvalue weighted by atomic mass is 35.5. The number of carbonyl (C=O) groups is 1. The number of aromatic nitrogens is 2. The molecule has 0 unspecified atom stereocenters. The Balaban J connectivity index is 2.20. The summed E-state index contributed by atoms with van der Waals surface area (Å²) in [6, 6.07) is 8.28. The number of rotatable bonds is 4. The number of aryl methyl sites for hydroxylation is 1. The number of pyridine rings is 2. The van der Waals surface area contributed by atoms with Gasteiger partial charge in [0, 0.05) is 11.3 Å². The third kappa shape index (κ3) is 3.92. The first-order valence-corrected chi connectivity index (χ1v) is 6.94. The van der Waals surface area contributed by atoms with E-state index < -0.39 is 0 Å². The summed E-state index contributed by atoms with van der Waals surface area (Å²) in [5, 5.41) is 3.30. The molecule has 2 rings (SSSR count). The molecular formula is C14H13Cl2N3O. The van der Waals surface area contributed by atoms with Gasteiger partial charge in [0.15, 0.2) is 0 Å². The maximum atomic E-state index is 12.2. The monoisotopic (exact) mass is 309 g/mol. The van der Waals surface area contributed by atoms with Crippen LogP contribution in [0.2, 0.25) is 10.3 Å². The van der Waals surface area contributed by atoms with Crippen LogP contribution in [0.4, 0.5) is 5.82 Å². The van der Waals surface area contributed by atoms with E-state index in [2.05, 4.69) is 15.3 Å². The summed E-state index contributed by atoms with van der Waals surface area (Å²) in [5.41, 5.74) is 1.25. The number of hydrogen-bond acceptors (Lipinski definition) is 3. The van der Waals surface area contributed by atoms with Gasteiger partial charge in [-0.2, -0.15) is 0 Å². The average molecular weight is 310 g/mol. The lowest BCUT2D eigenvalue weighted by atomic mass is 10.1. The van der Waals surface area contributed by atoms with E-state index in [0.29, 0.717) is 21.7 Å². The molecule has 0 spiro atoms. The zero-order valence-corrected chi connectivity index (χ0v) is 12.4. The van der Waals surface area contributed by atoms with Crippen molar-refractivity contribution in [3.05, 3.63) is 51.9 Å². The summed E-state index contributed by atoms with van der Waals surface area (Å²) in [6.45, 7) is 2.04. The molecule has 0 fully saturated rings. The number of nitrogens with zero attached hydrogens (tertiary/aromatic N) is 2. The molecule has 6 heteroatoms. The molecule has 0 aliphatic heterocycles. The first kappa shape index (κ1) is 14.8. The van der Waals surface area contributed by atoms with Gasteiger partial charge >= 0.3 is 0 Å². The molecule has 0 saturated heterocycles. The van der Waals surface area contributed by atoms with Crippen molar-refractivity contribution < 1.29 is 4.79 Å². The first-order valence-electron chi connectivity index (χ1n) is 6.19. The van der Waals surface area contributed by atoms with Crippen molar-refractivity contribution in [2.24, 2.45) is 0 Å². The average Bonchev–Trinajstić information content (AvgIpc) is 2.38. The van der Waals surface area contributed by atoms with Gasteiger partial charge in [-0.3, -0.25) is 4.79 Å². The second-order valence-corrected chi connectivity index (χ2v) is 4.99. The Labute approximate surface area is 127 Å². The molecule has 0 aromatic carbocycles. The molecule has 1 amide bonds. The number of carbonyl (C=O) groups excluding carboxylic acids is 1. The van der Waals surface area contributed by atoms with Crippen LogP contribution in [-0.4, -0.2) is 15.9 Å². The van der Waals surface area contributed by atoms with Gasteiger partial charge in [0.2, 0.25) is 0 Å². The summed E-state index contributed by atoms with van der Waals surface area (Å²) in [5.74, 6) is 0.105. The Kier molecular flexibility index (Phi) is 4.93. The highest BCUT2D eigenvalue weighted by Crippen LogP contribution is 2.15. The van der Waals surface area contributed by atoms with Crippen LogP contribution in [-0.2, 0) is 6.42 Å². The number of amides is 1. The van der Waals surface area contributed by atoms with Crippen LogP contribution in [0.15, 0.2) is 30.3 Å². The summed E-state index contributed by atoms with van der Waals surface area (Å²) in [4.78, 5) is 20.3. The van der Waals surface area contributed by atoms with Gasteiger partial charge in [0.05, 0.1) is 0 Å². The van der Waals surface area contributed by atoms with Gasteiger partial charge in [0.25, 0.3) is 5.91 Å². The standard InChI is InChI=1S/C14H13Cl2N3O/c1-2-4-10-7-9(8-12(16)17-10)14(20)19-13-6-3-5-11(15)18-13/h3,5-8H,2,4H2,1H3,(H,18,19,20). The van der Waals surface area contributed by atoms with Gasteiger partial charge in [-0.1, -0.05) is 42.6 Å².